The van der Waals surface area contributed by atoms with Crippen LogP contribution in [0.25, 0.3) is 0 Å². The molecule has 110 valence electrons. The Bertz CT molecular complexity index is 498. The molecule has 1 amide bonds. The first kappa shape index (κ1) is 15.4. The van der Waals surface area contributed by atoms with Crippen molar-refractivity contribution in [2.45, 2.75) is 24.9 Å². The molecule has 1 aromatic carbocycles. The molecular weight excluding hydrogens is 327 g/mol. The van der Waals surface area contributed by atoms with Crippen LogP contribution in [-0.2, 0) is 9.53 Å². The van der Waals surface area contributed by atoms with Crippen molar-refractivity contribution in [1.82, 2.24) is 4.90 Å². The van der Waals surface area contributed by atoms with E-state index in [1.165, 1.54) is 6.07 Å². The van der Waals surface area contributed by atoms with Gasteiger partial charge in [-0.3, -0.25) is 4.79 Å². The molecule has 2 N–H and O–H groups in total. The second-order valence-corrected chi connectivity index (χ2v) is 5.81. The summed E-state index contributed by atoms with van der Waals surface area (Å²) in [5.74, 6) is -0.354. The first-order valence-corrected chi connectivity index (χ1v) is 7.33. The van der Waals surface area contributed by atoms with Crippen molar-refractivity contribution in [2.24, 2.45) is 5.73 Å². The molecule has 0 spiro atoms. The van der Waals surface area contributed by atoms with Crippen molar-refractivity contribution in [3.63, 3.8) is 0 Å². The van der Waals surface area contributed by atoms with Gasteiger partial charge in [0.05, 0.1) is 12.6 Å². The lowest BCUT2D eigenvalue weighted by Gasteiger charge is -2.40. The Balaban J connectivity index is 2.34. The van der Waals surface area contributed by atoms with Crippen LogP contribution in [0.1, 0.15) is 24.4 Å². The third kappa shape index (κ3) is 3.19. The normalized spacial score (nSPS) is 23.2. The number of benzene rings is 1. The molecule has 2 rings (SSSR count). The zero-order valence-corrected chi connectivity index (χ0v) is 12.9. The fraction of sp³-hybridized carbons (Fsp3) is 0.500. The van der Waals surface area contributed by atoms with Crippen molar-refractivity contribution in [2.75, 3.05) is 20.3 Å². The number of piperidine rings is 1. The second-order valence-electron chi connectivity index (χ2n) is 4.89. The lowest BCUT2D eigenvalue weighted by molar-refractivity contribution is -0.138. The van der Waals surface area contributed by atoms with Crippen LogP contribution in [0.4, 0.5) is 4.39 Å². The van der Waals surface area contributed by atoms with Gasteiger partial charge in [-0.25, -0.2) is 4.39 Å². The van der Waals surface area contributed by atoms with E-state index in [1.807, 2.05) is 0 Å². The Hall–Kier alpha value is -0.980. The van der Waals surface area contributed by atoms with Crippen LogP contribution >= 0.6 is 15.9 Å². The Morgan fingerprint density at radius 3 is 2.95 bits per heavy atom. The highest BCUT2D eigenvalue weighted by molar-refractivity contribution is 9.10. The quantitative estimate of drug-likeness (QED) is 0.911. The Kier molecular flexibility index (Phi) is 5.12. The molecule has 1 heterocycles. The number of hydrogen-bond acceptors (Lipinski definition) is 3. The third-order valence-corrected chi connectivity index (χ3v) is 4.06. The predicted octanol–water partition coefficient (Wildman–Crippen LogP) is 2.23. The van der Waals surface area contributed by atoms with E-state index in [0.29, 0.717) is 36.0 Å². The van der Waals surface area contributed by atoms with Crippen molar-refractivity contribution in [3.8, 4) is 0 Å². The van der Waals surface area contributed by atoms with Crippen molar-refractivity contribution < 1.29 is 13.9 Å². The average Bonchev–Trinajstić information content (AvgIpc) is 2.41. The largest absolute Gasteiger partial charge is 0.383 e. The van der Waals surface area contributed by atoms with E-state index in [0.717, 1.165) is 0 Å². The maximum absolute atomic E-state index is 14.2. The average molecular weight is 345 g/mol. The fourth-order valence-electron chi connectivity index (χ4n) is 2.57. The minimum Gasteiger partial charge on any atom is -0.383 e. The number of amides is 1. The third-order valence-electron chi connectivity index (χ3n) is 3.57. The molecule has 1 saturated heterocycles. The van der Waals surface area contributed by atoms with Crippen LogP contribution in [-0.4, -0.2) is 37.1 Å². The molecule has 1 fully saturated rings. The number of nitrogens with two attached hydrogens (primary N) is 1. The van der Waals surface area contributed by atoms with E-state index in [-0.39, 0.29) is 17.8 Å². The number of likely N-dealkylation sites (tertiary alicyclic amines) is 1. The van der Waals surface area contributed by atoms with Gasteiger partial charge in [0.25, 0.3) is 0 Å². The summed E-state index contributed by atoms with van der Waals surface area (Å²) in [4.78, 5) is 13.7. The molecule has 4 nitrogen and oxygen atoms in total. The molecule has 1 aromatic rings. The van der Waals surface area contributed by atoms with Gasteiger partial charge in [-0.05, 0) is 18.6 Å². The van der Waals surface area contributed by atoms with Crippen LogP contribution in [0, 0.1) is 5.82 Å². The van der Waals surface area contributed by atoms with Gasteiger partial charge in [0.1, 0.15) is 5.82 Å². The lowest BCUT2D eigenvalue weighted by atomic mass is 9.90. The Labute approximate surface area is 126 Å². The highest BCUT2D eigenvalue weighted by Crippen LogP contribution is 2.33. The summed E-state index contributed by atoms with van der Waals surface area (Å²) in [5.41, 5.74) is 6.59. The maximum atomic E-state index is 14.2. The number of methoxy groups -OCH3 is 1. The summed E-state index contributed by atoms with van der Waals surface area (Å²) in [6, 6.07) is 4.15. The van der Waals surface area contributed by atoms with Crippen molar-refractivity contribution in [3.05, 3.63) is 34.1 Å². The standard InChI is InChI=1S/C14H18BrFN2O2/c1-20-7-6-18-13(19)5-4-12(17)14(18)10-3-2-9(15)8-11(10)16/h2-3,8,12,14H,4-7,17H2,1H3. The minimum absolute atomic E-state index is 0.00364. The Morgan fingerprint density at radius 1 is 1.55 bits per heavy atom. The van der Waals surface area contributed by atoms with Crippen molar-refractivity contribution >= 4 is 21.8 Å². The summed E-state index contributed by atoms with van der Waals surface area (Å²) in [6.45, 7) is 0.830. The van der Waals surface area contributed by atoms with E-state index in [9.17, 15) is 9.18 Å². The number of halogens is 2. The molecule has 0 saturated carbocycles. The lowest BCUT2D eigenvalue weighted by Crippen LogP contribution is -2.50. The summed E-state index contributed by atoms with van der Waals surface area (Å²) >= 11 is 3.23. The number of nitrogens with zero attached hydrogens (tertiary/aromatic N) is 1. The molecule has 20 heavy (non-hydrogen) atoms. The molecule has 0 radical (unpaired) electrons. The fourth-order valence-corrected chi connectivity index (χ4v) is 2.90. The summed E-state index contributed by atoms with van der Waals surface area (Å²) in [6.07, 6.45) is 0.974. The van der Waals surface area contributed by atoms with Crippen LogP contribution in [0.2, 0.25) is 0 Å². The van der Waals surface area contributed by atoms with E-state index in [4.69, 9.17) is 10.5 Å². The minimum atomic E-state index is -0.431. The smallest absolute Gasteiger partial charge is 0.223 e. The molecule has 1 aliphatic heterocycles. The second kappa shape index (κ2) is 6.65. The Morgan fingerprint density at radius 2 is 2.30 bits per heavy atom. The highest BCUT2D eigenvalue weighted by atomic mass is 79.9. The van der Waals surface area contributed by atoms with Gasteiger partial charge in [0, 0.05) is 36.2 Å². The van der Waals surface area contributed by atoms with Crippen LogP contribution in [0.15, 0.2) is 22.7 Å². The first-order chi connectivity index (χ1) is 9.54. The molecule has 0 aliphatic carbocycles. The van der Waals surface area contributed by atoms with Gasteiger partial charge < -0.3 is 15.4 Å². The monoisotopic (exact) mass is 344 g/mol. The maximum Gasteiger partial charge on any atom is 0.223 e. The topological polar surface area (TPSA) is 55.6 Å². The van der Waals surface area contributed by atoms with Crippen molar-refractivity contribution in [1.29, 1.82) is 0 Å². The molecule has 2 atom stereocenters. The SMILES string of the molecule is COCCN1C(=O)CCC(N)C1c1ccc(Br)cc1F. The summed E-state index contributed by atoms with van der Waals surface area (Å²) in [7, 11) is 1.57. The van der Waals surface area contributed by atoms with E-state index in [1.54, 1.807) is 24.1 Å². The number of hydrogen-bond donors (Lipinski definition) is 1. The summed E-state index contributed by atoms with van der Waals surface area (Å²) in [5, 5.41) is 0. The van der Waals surface area contributed by atoms with Gasteiger partial charge in [-0.1, -0.05) is 22.0 Å². The van der Waals surface area contributed by atoms with Gasteiger partial charge in [-0.15, -0.1) is 0 Å². The number of rotatable bonds is 4. The van der Waals surface area contributed by atoms with Gasteiger partial charge >= 0.3 is 0 Å². The zero-order chi connectivity index (χ0) is 14.7. The molecule has 0 bridgehead atoms. The van der Waals surface area contributed by atoms with Gasteiger partial charge in [0.2, 0.25) is 5.91 Å². The molecule has 0 aromatic heterocycles. The molecule has 2 unspecified atom stereocenters. The zero-order valence-electron chi connectivity index (χ0n) is 11.3. The summed E-state index contributed by atoms with van der Waals surface area (Å²) < 4.78 is 19.9. The highest BCUT2D eigenvalue weighted by Gasteiger charge is 2.36. The molecule has 6 heteroatoms. The van der Waals surface area contributed by atoms with Crippen LogP contribution in [0.3, 0.4) is 0 Å². The van der Waals surface area contributed by atoms with E-state index < -0.39 is 6.04 Å². The van der Waals surface area contributed by atoms with Gasteiger partial charge in [0.15, 0.2) is 0 Å². The first-order valence-electron chi connectivity index (χ1n) is 6.53. The predicted molar refractivity (Wildman–Crippen MR) is 77.6 cm³/mol. The van der Waals surface area contributed by atoms with E-state index >= 15 is 0 Å². The van der Waals surface area contributed by atoms with Gasteiger partial charge in [-0.2, -0.15) is 0 Å². The van der Waals surface area contributed by atoms with Crippen LogP contribution in [0.5, 0.6) is 0 Å². The number of carbonyl (C=O) groups excluding carboxylic acids is 1. The molecular formula is C14H18BrFN2O2. The van der Waals surface area contributed by atoms with Crippen LogP contribution < -0.4 is 5.73 Å². The number of carbonyl (C=O) groups is 1. The molecule has 1 aliphatic rings. The number of ether oxygens (including phenoxy) is 1. The van der Waals surface area contributed by atoms with E-state index in [2.05, 4.69) is 15.9 Å².